The fraction of sp³-hybridized carbons (Fsp3) is 0.421. The van der Waals surface area contributed by atoms with Gasteiger partial charge in [0.15, 0.2) is 11.5 Å². The second-order valence-electron chi connectivity index (χ2n) is 7.01. The Labute approximate surface area is 156 Å². The van der Waals surface area contributed by atoms with Crippen molar-refractivity contribution in [1.82, 2.24) is 9.47 Å². The number of carbonyl (C=O) groups is 1. The Morgan fingerprint density at radius 3 is 2.70 bits per heavy atom. The van der Waals surface area contributed by atoms with Crippen LogP contribution in [0.25, 0.3) is 0 Å². The molecule has 2 aromatic rings. The van der Waals surface area contributed by atoms with Crippen LogP contribution in [0.2, 0.25) is 0 Å². The van der Waals surface area contributed by atoms with E-state index < -0.39 is 4.92 Å². The van der Waals surface area contributed by atoms with Gasteiger partial charge in [0.1, 0.15) is 5.69 Å². The molecule has 0 bridgehead atoms. The summed E-state index contributed by atoms with van der Waals surface area (Å²) in [6, 6.07) is 7.16. The third-order valence-corrected chi connectivity index (χ3v) is 5.24. The Balaban J connectivity index is 1.63. The normalized spacial score (nSPS) is 15.9. The molecule has 0 unspecified atom stereocenters. The maximum Gasteiger partial charge on any atom is 0.287 e. The van der Waals surface area contributed by atoms with Crippen LogP contribution < -0.4 is 9.47 Å². The molecule has 1 aromatic carbocycles. The molecule has 0 atom stereocenters. The summed E-state index contributed by atoms with van der Waals surface area (Å²) in [5.74, 6) is 1.20. The summed E-state index contributed by atoms with van der Waals surface area (Å²) in [5.41, 5.74) is 1.20. The molecule has 2 heterocycles. The highest BCUT2D eigenvalue weighted by molar-refractivity contribution is 5.93. The fourth-order valence-corrected chi connectivity index (χ4v) is 3.83. The summed E-state index contributed by atoms with van der Waals surface area (Å²) in [5, 5.41) is 11.1. The fourth-order valence-electron chi connectivity index (χ4n) is 3.83. The van der Waals surface area contributed by atoms with Crippen molar-refractivity contribution in [2.24, 2.45) is 7.05 Å². The molecule has 1 saturated carbocycles. The van der Waals surface area contributed by atoms with Crippen molar-refractivity contribution < 1.29 is 19.2 Å². The van der Waals surface area contributed by atoms with Crippen molar-refractivity contribution >= 4 is 11.6 Å². The molecule has 142 valence electrons. The molecule has 8 nitrogen and oxygen atoms in total. The molecular weight excluding hydrogens is 350 g/mol. The zero-order chi connectivity index (χ0) is 19.0. The minimum Gasteiger partial charge on any atom is -0.454 e. The molecular formula is C19H21N3O5. The topological polar surface area (TPSA) is 86.8 Å². The first-order valence-electron chi connectivity index (χ1n) is 9.03. The van der Waals surface area contributed by atoms with Crippen LogP contribution in [-0.4, -0.2) is 33.1 Å². The molecule has 1 aliphatic heterocycles. The number of aromatic nitrogens is 1. The molecule has 2 aliphatic rings. The minimum absolute atomic E-state index is 0.0738. The Kier molecular flexibility index (Phi) is 4.47. The Morgan fingerprint density at radius 1 is 1.26 bits per heavy atom. The summed E-state index contributed by atoms with van der Waals surface area (Å²) in [7, 11) is 1.66. The maximum absolute atomic E-state index is 13.3. The van der Waals surface area contributed by atoms with Crippen molar-refractivity contribution in [1.29, 1.82) is 0 Å². The Hall–Kier alpha value is -3.03. The molecule has 27 heavy (non-hydrogen) atoms. The van der Waals surface area contributed by atoms with Gasteiger partial charge < -0.3 is 18.9 Å². The summed E-state index contributed by atoms with van der Waals surface area (Å²) in [4.78, 5) is 25.7. The van der Waals surface area contributed by atoms with Gasteiger partial charge in [-0.2, -0.15) is 0 Å². The lowest BCUT2D eigenvalue weighted by Crippen LogP contribution is -2.39. The zero-order valence-corrected chi connectivity index (χ0v) is 15.1. The molecule has 1 aliphatic carbocycles. The van der Waals surface area contributed by atoms with Crippen LogP contribution in [0.15, 0.2) is 30.5 Å². The number of amides is 1. The lowest BCUT2D eigenvalue weighted by atomic mass is 10.1. The molecule has 0 saturated heterocycles. The molecule has 1 aromatic heterocycles. The van der Waals surface area contributed by atoms with Gasteiger partial charge in [-0.05, 0) is 30.5 Å². The summed E-state index contributed by atoms with van der Waals surface area (Å²) in [6.07, 6.45) is 5.44. The van der Waals surface area contributed by atoms with Gasteiger partial charge in [-0.1, -0.05) is 18.9 Å². The van der Waals surface area contributed by atoms with E-state index in [4.69, 9.17) is 9.47 Å². The number of nitro groups is 1. The molecule has 0 N–H and O–H groups in total. The second-order valence-corrected chi connectivity index (χ2v) is 7.01. The molecule has 0 radical (unpaired) electrons. The number of hydrogen-bond acceptors (Lipinski definition) is 5. The number of carbonyl (C=O) groups excluding carboxylic acids is 1. The van der Waals surface area contributed by atoms with Gasteiger partial charge in [0, 0.05) is 25.7 Å². The Bertz CT molecular complexity index is 885. The summed E-state index contributed by atoms with van der Waals surface area (Å²) < 4.78 is 12.3. The quantitative estimate of drug-likeness (QED) is 0.595. The largest absolute Gasteiger partial charge is 0.454 e. The van der Waals surface area contributed by atoms with Gasteiger partial charge in [0.25, 0.3) is 11.6 Å². The highest BCUT2D eigenvalue weighted by Gasteiger charge is 2.30. The lowest BCUT2D eigenvalue weighted by Gasteiger charge is -2.29. The van der Waals surface area contributed by atoms with E-state index in [0.717, 1.165) is 31.2 Å². The third kappa shape index (κ3) is 3.34. The summed E-state index contributed by atoms with van der Waals surface area (Å²) in [6.45, 7) is 0.635. The highest BCUT2D eigenvalue weighted by Crippen LogP contribution is 2.34. The van der Waals surface area contributed by atoms with E-state index in [-0.39, 0.29) is 24.4 Å². The van der Waals surface area contributed by atoms with Gasteiger partial charge in [0.2, 0.25) is 6.79 Å². The van der Waals surface area contributed by atoms with Crippen LogP contribution in [0.1, 0.15) is 41.7 Å². The van der Waals surface area contributed by atoms with E-state index in [0.29, 0.717) is 23.7 Å². The minimum atomic E-state index is -0.478. The molecule has 1 amide bonds. The Morgan fingerprint density at radius 2 is 2.00 bits per heavy atom. The first-order chi connectivity index (χ1) is 13.0. The van der Waals surface area contributed by atoms with Gasteiger partial charge in [-0.15, -0.1) is 0 Å². The van der Waals surface area contributed by atoms with Gasteiger partial charge in [-0.25, -0.2) is 0 Å². The standard InChI is InChI=1S/C19H21N3O5/c1-20-11-15(22(24)25)9-16(20)19(23)21(14-4-2-3-5-14)10-13-6-7-17-18(8-13)27-12-26-17/h6-9,11,14H,2-5,10,12H2,1H3. The predicted molar refractivity (Wildman–Crippen MR) is 96.8 cm³/mol. The van der Waals surface area contributed by atoms with Crippen LogP contribution in [0.3, 0.4) is 0 Å². The first kappa shape index (κ1) is 17.4. The smallest absolute Gasteiger partial charge is 0.287 e. The molecule has 0 spiro atoms. The van der Waals surface area contributed by atoms with Gasteiger partial charge in [0.05, 0.1) is 11.1 Å². The van der Waals surface area contributed by atoms with Gasteiger partial charge >= 0.3 is 0 Å². The lowest BCUT2D eigenvalue weighted by molar-refractivity contribution is -0.384. The average molecular weight is 371 g/mol. The highest BCUT2D eigenvalue weighted by atomic mass is 16.7. The number of nitrogens with zero attached hydrogens (tertiary/aromatic N) is 3. The number of aryl methyl sites for hydroxylation is 1. The monoisotopic (exact) mass is 371 g/mol. The van der Waals surface area contributed by atoms with E-state index in [1.54, 1.807) is 7.05 Å². The molecule has 1 fully saturated rings. The van der Waals surface area contributed by atoms with E-state index in [1.165, 1.54) is 16.8 Å². The number of hydrogen-bond donors (Lipinski definition) is 0. The van der Waals surface area contributed by atoms with E-state index in [2.05, 4.69) is 0 Å². The van der Waals surface area contributed by atoms with E-state index in [1.807, 2.05) is 23.1 Å². The molecule has 8 heteroatoms. The van der Waals surface area contributed by atoms with Gasteiger partial charge in [-0.3, -0.25) is 14.9 Å². The first-order valence-corrected chi connectivity index (χ1v) is 9.03. The van der Waals surface area contributed by atoms with Crippen molar-refractivity contribution in [3.05, 3.63) is 51.8 Å². The summed E-state index contributed by atoms with van der Waals surface area (Å²) >= 11 is 0. The average Bonchev–Trinajstić information content (AvgIpc) is 3.39. The van der Waals surface area contributed by atoms with Crippen LogP contribution in [0, 0.1) is 10.1 Å². The van der Waals surface area contributed by atoms with Crippen molar-refractivity contribution in [2.45, 2.75) is 38.3 Å². The van der Waals surface area contributed by atoms with E-state index >= 15 is 0 Å². The second kappa shape index (κ2) is 6.94. The number of rotatable bonds is 5. The predicted octanol–water partition coefficient (Wildman–Crippen LogP) is 3.25. The van der Waals surface area contributed by atoms with E-state index in [9.17, 15) is 14.9 Å². The van der Waals surface area contributed by atoms with Crippen molar-refractivity contribution in [2.75, 3.05) is 6.79 Å². The maximum atomic E-state index is 13.3. The van der Waals surface area contributed by atoms with Crippen LogP contribution in [0.4, 0.5) is 5.69 Å². The van der Waals surface area contributed by atoms with Crippen molar-refractivity contribution in [3.8, 4) is 11.5 Å². The SMILES string of the molecule is Cn1cc([N+](=O)[O-])cc1C(=O)N(Cc1ccc2c(c1)OCO2)C1CCCC1. The number of ether oxygens (including phenoxy) is 2. The number of benzene rings is 1. The number of fused-ring (bicyclic) bond motifs is 1. The van der Waals surface area contributed by atoms with Crippen LogP contribution >= 0.6 is 0 Å². The van der Waals surface area contributed by atoms with Crippen LogP contribution in [0.5, 0.6) is 11.5 Å². The third-order valence-electron chi connectivity index (χ3n) is 5.24. The van der Waals surface area contributed by atoms with Crippen LogP contribution in [-0.2, 0) is 13.6 Å². The zero-order valence-electron chi connectivity index (χ0n) is 15.1. The van der Waals surface area contributed by atoms with Crippen molar-refractivity contribution in [3.63, 3.8) is 0 Å². The molecule has 4 rings (SSSR count).